The number of benzene rings is 1. The molecule has 1 aromatic carbocycles. The van der Waals surface area contributed by atoms with Gasteiger partial charge in [0.1, 0.15) is 0 Å². The molecule has 1 fully saturated rings. The summed E-state index contributed by atoms with van der Waals surface area (Å²) in [6, 6.07) is 6.41. The summed E-state index contributed by atoms with van der Waals surface area (Å²) in [5, 5.41) is 8.58. The lowest BCUT2D eigenvalue weighted by atomic mass is 10.1. The average Bonchev–Trinajstić information content (AvgIpc) is 3.02. The molecule has 2 N–H and O–H groups in total. The molecule has 0 bridgehead atoms. The van der Waals surface area contributed by atoms with Gasteiger partial charge in [-0.1, -0.05) is 19.1 Å². The summed E-state index contributed by atoms with van der Waals surface area (Å²) >= 11 is 0. The van der Waals surface area contributed by atoms with Crippen molar-refractivity contribution in [3.05, 3.63) is 29.8 Å². The van der Waals surface area contributed by atoms with Gasteiger partial charge in [0.15, 0.2) is 0 Å². The highest BCUT2D eigenvalue weighted by atomic mass is 32.2. The van der Waals surface area contributed by atoms with Gasteiger partial charge >= 0.3 is 5.97 Å². The number of sulfonamides is 1. The van der Waals surface area contributed by atoms with Crippen LogP contribution in [0.3, 0.4) is 0 Å². The van der Waals surface area contributed by atoms with Crippen LogP contribution < -0.4 is 4.72 Å². The van der Waals surface area contributed by atoms with Crippen LogP contribution in [0.25, 0.3) is 0 Å². The largest absolute Gasteiger partial charge is 0.481 e. The van der Waals surface area contributed by atoms with E-state index >= 15 is 0 Å². The Balaban J connectivity index is 2.02. The molecule has 2 unspecified atom stereocenters. The SMILES string of the molecule is CC1CC1NS(=O)(=O)c1ccc(CCC(=O)O)cc1. The van der Waals surface area contributed by atoms with Gasteiger partial charge in [-0.25, -0.2) is 13.1 Å². The Morgan fingerprint density at radius 2 is 1.95 bits per heavy atom. The van der Waals surface area contributed by atoms with Gasteiger partial charge in [0.25, 0.3) is 0 Å². The van der Waals surface area contributed by atoms with Gasteiger partial charge in [0.05, 0.1) is 4.90 Å². The molecular formula is C13H17NO4S. The van der Waals surface area contributed by atoms with Gasteiger partial charge in [-0.2, -0.15) is 0 Å². The summed E-state index contributed by atoms with van der Waals surface area (Å²) in [4.78, 5) is 10.7. The molecule has 5 nitrogen and oxygen atoms in total. The minimum atomic E-state index is -3.44. The maximum absolute atomic E-state index is 12.0. The fourth-order valence-corrected chi connectivity index (χ4v) is 3.20. The maximum atomic E-state index is 12.0. The van der Waals surface area contributed by atoms with E-state index in [0.29, 0.717) is 12.3 Å². The minimum absolute atomic E-state index is 0.0456. The Bertz CT molecular complexity index is 565. The van der Waals surface area contributed by atoms with E-state index < -0.39 is 16.0 Å². The van der Waals surface area contributed by atoms with Crippen LogP contribution in [-0.2, 0) is 21.2 Å². The van der Waals surface area contributed by atoms with Crippen LogP contribution in [0.5, 0.6) is 0 Å². The van der Waals surface area contributed by atoms with Crippen LogP contribution >= 0.6 is 0 Å². The first-order valence-electron chi connectivity index (χ1n) is 6.21. The number of hydrogen-bond donors (Lipinski definition) is 2. The summed E-state index contributed by atoms with van der Waals surface area (Å²) in [5.41, 5.74) is 0.820. The van der Waals surface area contributed by atoms with Crippen LogP contribution in [-0.4, -0.2) is 25.5 Å². The molecule has 0 saturated heterocycles. The van der Waals surface area contributed by atoms with Crippen molar-refractivity contribution in [3.63, 3.8) is 0 Å². The molecule has 104 valence electrons. The van der Waals surface area contributed by atoms with E-state index in [4.69, 9.17) is 5.11 Å². The van der Waals surface area contributed by atoms with E-state index in [1.54, 1.807) is 12.1 Å². The van der Waals surface area contributed by atoms with Crippen LogP contribution in [0.4, 0.5) is 0 Å². The summed E-state index contributed by atoms with van der Waals surface area (Å²) in [5.74, 6) is -0.453. The van der Waals surface area contributed by atoms with Gasteiger partial charge in [0, 0.05) is 12.5 Å². The minimum Gasteiger partial charge on any atom is -0.481 e. The van der Waals surface area contributed by atoms with Crippen molar-refractivity contribution >= 4 is 16.0 Å². The fourth-order valence-electron chi connectivity index (χ4n) is 1.84. The molecule has 0 heterocycles. The molecular weight excluding hydrogens is 266 g/mol. The highest BCUT2D eigenvalue weighted by Crippen LogP contribution is 2.30. The predicted molar refractivity (Wildman–Crippen MR) is 70.3 cm³/mol. The average molecular weight is 283 g/mol. The molecule has 19 heavy (non-hydrogen) atoms. The van der Waals surface area contributed by atoms with Gasteiger partial charge in [0.2, 0.25) is 10.0 Å². The third kappa shape index (κ3) is 3.78. The monoisotopic (exact) mass is 283 g/mol. The molecule has 0 spiro atoms. The normalized spacial score (nSPS) is 22.2. The number of rotatable bonds is 6. The third-order valence-corrected chi connectivity index (χ3v) is 4.78. The van der Waals surface area contributed by atoms with Crippen molar-refractivity contribution in [1.82, 2.24) is 4.72 Å². The second-order valence-corrected chi connectivity index (χ2v) is 6.69. The summed E-state index contributed by atoms with van der Waals surface area (Å²) < 4.78 is 26.6. The van der Waals surface area contributed by atoms with Crippen molar-refractivity contribution < 1.29 is 18.3 Å². The first-order valence-corrected chi connectivity index (χ1v) is 7.70. The molecule has 2 rings (SSSR count). The standard InChI is InChI=1S/C13H17NO4S/c1-9-8-12(9)14-19(17,18)11-5-2-10(3-6-11)4-7-13(15)16/h2-3,5-6,9,12,14H,4,7-8H2,1H3,(H,15,16). The smallest absolute Gasteiger partial charge is 0.303 e. The fraction of sp³-hybridized carbons (Fsp3) is 0.462. The van der Waals surface area contributed by atoms with E-state index in [9.17, 15) is 13.2 Å². The quantitative estimate of drug-likeness (QED) is 0.826. The van der Waals surface area contributed by atoms with Crippen molar-refractivity contribution in [3.8, 4) is 0 Å². The van der Waals surface area contributed by atoms with Gasteiger partial charge in [-0.15, -0.1) is 0 Å². The summed E-state index contributed by atoms with van der Waals surface area (Å²) in [7, 11) is -3.44. The molecule has 2 atom stereocenters. The van der Waals surface area contributed by atoms with Crippen LogP contribution in [0, 0.1) is 5.92 Å². The lowest BCUT2D eigenvalue weighted by Crippen LogP contribution is -2.26. The molecule has 1 aromatic rings. The summed E-state index contributed by atoms with van der Waals surface area (Å²) in [6.45, 7) is 2.00. The van der Waals surface area contributed by atoms with Gasteiger partial charge < -0.3 is 5.11 Å². The zero-order valence-corrected chi connectivity index (χ0v) is 11.5. The highest BCUT2D eigenvalue weighted by Gasteiger charge is 2.36. The molecule has 6 heteroatoms. The van der Waals surface area contributed by atoms with Crippen LogP contribution in [0.15, 0.2) is 29.2 Å². The van der Waals surface area contributed by atoms with Gasteiger partial charge in [-0.3, -0.25) is 4.79 Å². The van der Waals surface area contributed by atoms with Crippen molar-refractivity contribution in [1.29, 1.82) is 0 Å². The number of carbonyl (C=O) groups is 1. The topological polar surface area (TPSA) is 83.5 Å². The number of carboxylic acids is 1. The summed E-state index contributed by atoms with van der Waals surface area (Å²) in [6.07, 6.45) is 1.34. The lowest BCUT2D eigenvalue weighted by molar-refractivity contribution is -0.136. The molecule has 0 amide bonds. The third-order valence-electron chi connectivity index (χ3n) is 3.28. The van der Waals surface area contributed by atoms with Crippen molar-refractivity contribution in [2.75, 3.05) is 0 Å². The molecule has 0 aromatic heterocycles. The maximum Gasteiger partial charge on any atom is 0.303 e. The number of nitrogens with one attached hydrogen (secondary N) is 1. The second kappa shape index (κ2) is 5.30. The van der Waals surface area contributed by atoms with E-state index in [1.165, 1.54) is 12.1 Å². The Kier molecular flexibility index (Phi) is 3.91. The van der Waals surface area contributed by atoms with E-state index in [1.807, 2.05) is 6.92 Å². The number of aliphatic carboxylic acids is 1. The van der Waals surface area contributed by atoms with E-state index in [0.717, 1.165) is 12.0 Å². The molecule has 1 aliphatic carbocycles. The number of carboxylic acid groups (broad SMARTS) is 1. The Hall–Kier alpha value is -1.40. The van der Waals surface area contributed by atoms with Crippen LogP contribution in [0.1, 0.15) is 25.3 Å². The Morgan fingerprint density at radius 3 is 2.42 bits per heavy atom. The number of hydrogen-bond acceptors (Lipinski definition) is 3. The van der Waals surface area contributed by atoms with Gasteiger partial charge in [-0.05, 0) is 36.5 Å². The zero-order chi connectivity index (χ0) is 14.0. The predicted octanol–water partition coefficient (Wildman–Crippen LogP) is 1.39. The van der Waals surface area contributed by atoms with Crippen LogP contribution in [0.2, 0.25) is 0 Å². The molecule has 0 radical (unpaired) electrons. The van der Waals surface area contributed by atoms with Crippen molar-refractivity contribution in [2.45, 2.75) is 37.1 Å². The van der Waals surface area contributed by atoms with E-state index in [2.05, 4.69) is 4.72 Å². The Labute approximate surface area is 112 Å². The first kappa shape index (κ1) is 14.0. The molecule has 1 aliphatic rings. The lowest BCUT2D eigenvalue weighted by Gasteiger charge is -2.06. The molecule has 0 aliphatic heterocycles. The second-order valence-electron chi connectivity index (χ2n) is 4.98. The first-order chi connectivity index (χ1) is 8.88. The zero-order valence-electron chi connectivity index (χ0n) is 10.7. The van der Waals surface area contributed by atoms with Crippen molar-refractivity contribution in [2.24, 2.45) is 5.92 Å². The molecule has 1 saturated carbocycles. The highest BCUT2D eigenvalue weighted by molar-refractivity contribution is 7.89. The Morgan fingerprint density at radius 1 is 1.37 bits per heavy atom. The van der Waals surface area contributed by atoms with E-state index in [-0.39, 0.29) is 17.4 Å². The number of aryl methyl sites for hydroxylation is 1.